The number of nitrogens with two attached hydrogens (primary N) is 1. The molecule has 1 atom stereocenters. The first-order valence-corrected chi connectivity index (χ1v) is 15.6. The molecule has 0 heterocycles. The Morgan fingerprint density at radius 1 is 0.562 bits per heavy atom. The standard InChI is InChI=1S/C26H56NO4P/c1-3-5-6-7-8-9-10-11-12-13-14-15-16-17-18-19-23-29-24-21-25-31-32(28,30-4-2)26-20-22-27/h3-27H2,1-2H3. The van der Waals surface area contributed by atoms with E-state index in [1.807, 2.05) is 6.92 Å². The first-order valence-electron chi connectivity index (χ1n) is 13.8. The molecule has 1 unspecified atom stereocenters. The van der Waals surface area contributed by atoms with Gasteiger partial charge in [-0.3, -0.25) is 4.57 Å². The van der Waals surface area contributed by atoms with Crippen LogP contribution in [0.5, 0.6) is 0 Å². The van der Waals surface area contributed by atoms with Gasteiger partial charge in [0.2, 0.25) is 0 Å². The van der Waals surface area contributed by atoms with Crippen LogP contribution in [-0.4, -0.2) is 39.1 Å². The zero-order valence-electron chi connectivity index (χ0n) is 21.6. The molecule has 0 aromatic heterocycles. The van der Waals surface area contributed by atoms with Gasteiger partial charge in [0.1, 0.15) is 0 Å². The fraction of sp³-hybridized carbons (Fsp3) is 1.00. The summed E-state index contributed by atoms with van der Waals surface area (Å²) < 4.78 is 28.9. The van der Waals surface area contributed by atoms with Crippen molar-refractivity contribution in [3.05, 3.63) is 0 Å². The quantitative estimate of drug-likeness (QED) is 0.0952. The van der Waals surface area contributed by atoms with Gasteiger partial charge in [-0.15, -0.1) is 0 Å². The Balaban J connectivity index is 3.25. The molecule has 0 aromatic carbocycles. The Bertz CT molecular complexity index is 409. The van der Waals surface area contributed by atoms with E-state index in [-0.39, 0.29) is 0 Å². The third-order valence-electron chi connectivity index (χ3n) is 5.83. The maximum atomic E-state index is 12.4. The molecule has 194 valence electrons. The van der Waals surface area contributed by atoms with Gasteiger partial charge in [0.15, 0.2) is 0 Å². The van der Waals surface area contributed by atoms with Crippen molar-refractivity contribution < 1.29 is 18.3 Å². The maximum Gasteiger partial charge on any atom is 0.330 e. The Kier molecular flexibility index (Phi) is 25.7. The smallest absolute Gasteiger partial charge is 0.330 e. The average molecular weight is 478 g/mol. The monoisotopic (exact) mass is 477 g/mol. The molecule has 2 N–H and O–H groups in total. The van der Waals surface area contributed by atoms with E-state index in [1.54, 1.807) is 0 Å². The summed E-state index contributed by atoms with van der Waals surface area (Å²) in [6.07, 6.45) is 23.9. The van der Waals surface area contributed by atoms with Gasteiger partial charge in [-0.1, -0.05) is 103 Å². The fourth-order valence-electron chi connectivity index (χ4n) is 3.87. The highest BCUT2D eigenvalue weighted by Crippen LogP contribution is 2.48. The van der Waals surface area contributed by atoms with Gasteiger partial charge in [0.25, 0.3) is 0 Å². The molecule has 0 saturated carbocycles. The van der Waals surface area contributed by atoms with Crippen LogP contribution in [0, 0.1) is 0 Å². The zero-order chi connectivity index (χ0) is 23.6. The first-order chi connectivity index (χ1) is 15.7. The summed E-state index contributed by atoms with van der Waals surface area (Å²) in [5, 5.41) is 0. The van der Waals surface area contributed by atoms with Crippen molar-refractivity contribution in [2.45, 2.75) is 129 Å². The van der Waals surface area contributed by atoms with Crippen molar-refractivity contribution in [3.8, 4) is 0 Å². The molecule has 0 aliphatic rings. The summed E-state index contributed by atoms with van der Waals surface area (Å²) in [5.41, 5.74) is 5.49. The third kappa shape index (κ3) is 23.2. The Morgan fingerprint density at radius 2 is 1.03 bits per heavy atom. The molecular weight excluding hydrogens is 421 g/mol. The topological polar surface area (TPSA) is 70.8 Å². The minimum Gasteiger partial charge on any atom is -0.381 e. The van der Waals surface area contributed by atoms with E-state index in [2.05, 4.69) is 6.92 Å². The molecule has 0 bridgehead atoms. The zero-order valence-corrected chi connectivity index (χ0v) is 22.5. The SMILES string of the molecule is CCCCCCCCCCCCCCCCCCOCCCOP(=O)(CCCN)OCC. The normalized spacial score (nSPS) is 13.5. The molecule has 0 rings (SSSR count). The second-order valence-corrected chi connectivity index (χ2v) is 11.2. The van der Waals surface area contributed by atoms with Gasteiger partial charge in [0, 0.05) is 13.2 Å². The molecular formula is C26H56NO4P. The lowest BCUT2D eigenvalue weighted by Crippen LogP contribution is -2.08. The molecule has 0 amide bonds. The molecule has 0 saturated heterocycles. The van der Waals surface area contributed by atoms with E-state index in [4.69, 9.17) is 19.5 Å². The molecule has 6 heteroatoms. The molecule has 0 spiro atoms. The van der Waals surface area contributed by atoms with Gasteiger partial charge in [-0.25, -0.2) is 0 Å². The first kappa shape index (κ1) is 32.1. The van der Waals surface area contributed by atoms with Crippen LogP contribution in [0.15, 0.2) is 0 Å². The summed E-state index contributed by atoms with van der Waals surface area (Å²) >= 11 is 0. The molecule has 0 fully saturated rings. The lowest BCUT2D eigenvalue weighted by molar-refractivity contribution is 0.111. The van der Waals surface area contributed by atoms with E-state index in [9.17, 15) is 4.57 Å². The van der Waals surface area contributed by atoms with Crippen molar-refractivity contribution in [3.63, 3.8) is 0 Å². The van der Waals surface area contributed by atoms with Crippen LogP contribution in [0.3, 0.4) is 0 Å². The number of rotatable bonds is 27. The summed E-state index contributed by atoms with van der Waals surface area (Å²) in [4.78, 5) is 0. The summed E-state index contributed by atoms with van der Waals surface area (Å²) in [6, 6.07) is 0. The highest BCUT2D eigenvalue weighted by atomic mass is 31.2. The summed E-state index contributed by atoms with van der Waals surface area (Å²) in [7, 11) is -2.97. The van der Waals surface area contributed by atoms with E-state index in [0.717, 1.165) is 19.4 Å². The number of hydrogen-bond acceptors (Lipinski definition) is 5. The minimum absolute atomic E-state index is 0.400. The Labute approximate surface area is 200 Å². The van der Waals surface area contributed by atoms with E-state index in [0.29, 0.717) is 38.9 Å². The predicted octanol–water partition coefficient (Wildman–Crippen LogP) is 8.25. The average Bonchev–Trinajstić information content (AvgIpc) is 2.79. The lowest BCUT2D eigenvalue weighted by Gasteiger charge is -2.17. The Hall–Kier alpha value is 0.0700. The van der Waals surface area contributed by atoms with Gasteiger partial charge >= 0.3 is 7.60 Å². The van der Waals surface area contributed by atoms with Crippen molar-refractivity contribution in [2.24, 2.45) is 5.73 Å². The lowest BCUT2D eigenvalue weighted by atomic mass is 10.0. The second kappa shape index (κ2) is 25.7. The van der Waals surface area contributed by atoms with Gasteiger partial charge in [-0.2, -0.15) is 0 Å². The van der Waals surface area contributed by atoms with Crippen molar-refractivity contribution in [2.75, 3.05) is 39.1 Å². The van der Waals surface area contributed by atoms with Crippen LogP contribution in [0.1, 0.15) is 129 Å². The van der Waals surface area contributed by atoms with Gasteiger partial charge < -0.3 is 19.5 Å². The molecule has 0 aliphatic carbocycles. The van der Waals surface area contributed by atoms with Crippen LogP contribution in [0.4, 0.5) is 0 Å². The molecule has 32 heavy (non-hydrogen) atoms. The minimum atomic E-state index is -2.97. The highest BCUT2D eigenvalue weighted by molar-refractivity contribution is 7.53. The van der Waals surface area contributed by atoms with Crippen LogP contribution in [0.25, 0.3) is 0 Å². The van der Waals surface area contributed by atoms with Crippen LogP contribution < -0.4 is 5.73 Å². The summed E-state index contributed by atoms with van der Waals surface area (Å²) in [5.74, 6) is 0. The van der Waals surface area contributed by atoms with Crippen molar-refractivity contribution >= 4 is 7.60 Å². The Morgan fingerprint density at radius 3 is 1.50 bits per heavy atom. The number of unbranched alkanes of at least 4 members (excludes halogenated alkanes) is 15. The molecule has 0 aromatic rings. The predicted molar refractivity (Wildman–Crippen MR) is 139 cm³/mol. The summed E-state index contributed by atoms with van der Waals surface area (Å²) in [6.45, 7) is 6.91. The third-order valence-corrected chi connectivity index (χ3v) is 7.92. The van der Waals surface area contributed by atoms with Crippen LogP contribution >= 0.6 is 7.60 Å². The van der Waals surface area contributed by atoms with Crippen molar-refractivity contribution in [1.82, 2.24) is 0 Å². The maximum absolute atomic E-state index is 12.4. The number of ether oxygens (including phenoxy) is 1. The van der Waals surface area contributed by atoms with Crippen LogP contribution in [-0.2, 0) is 18.3 Å². The van der Waals surface area contributed by atoms with Crippen molar-refractivity contribution in [1.29, 1.82) is 0 Å². The fourth-order valence-corrected chi connectivity index (χ4v) is 5.57. The number of hydrogen-bond donors (Lipinski definition) is 1. The van der Waals surface area contributed by atoms with Gasteiger partial charge in [0.05, 0.1) is 19.4 Å². The second-order valence-electron chi connectivity index (χ2n) is 9.00. The molecule has 0 aliphatic heterocycles. The largest absolute Gasteiger partial charge is 0.381 e. The molecule has 5 nitrogen and oxygen atoms in total. The molecule has 0 radical (unpaired) electrons. The van der Waals surface area contributed by atoms with Gasteiger partial charge in [-0.05, 0) is 32.7 Å². The van der Waals surface area contributed by atoms with E-state index >= 15 is 0 Å². The van der Waals surface area contributed by atoms with E-state index < -0.39 is 7.60 Å². The van der Waals surface area contributed by atoms with E-state index in [1.165, 1.54) is 96.3 Å². The highest BCUT2D eigenvalue weighted by Gasteiger charge is 2.22. The van der Waals surface area contributed by atoms with Crippen LogP contribution in [0.2, 0.25) is 0 Å².